The average Bonchev–Trinajstić information content (AvgIpc) is 2.34. The lowest BCUT2D eigenvalue weighted by Gasteiger charge is -2.03. The maximum absolute atomic E-state index is 5.23. The first-order valence-electron chi connectivity index (χ1n) is 3.62. The largest absolute Gasteiger partial charge is 0.381 e. The average molecular weight is 146 g/mol. The van der Waals surface area contributed by atoms with Crippen LogP contribution in [-0.4, -0.2) is 19.0 Å². The van der Waals surface area contributed by atoms with Gasteiger partial charge in [-0.1, -0.05) is 0 Å². The minimum Gasteiger partial charge on any atom is -0.381 e. The van der Waals surface area contributed by atoms with Gasteiger partial charge in [0, 0.05) is 13.2 Å². The Morgan fingerprint density at radius 2 is 2.44 bits per heavy atom. The summed E-state index contributed by atoms with van der Waals surface area (Å²) >= 11 is 4.15. The van der Waals surface area contributed by atoms with Crippen molar-refractivity contribution in [3.63, 3.8) is 0 Å². The molecule has 0 bridgehead atoms. The summed E-state index contributed by atoms with van der Waals surface area (Å²) < 4.78 is 5.23. The molecular weight excluding hydrogens is 132 g/mol. The molecule has 1 saturated heterocycles. The zero-order valence-electron chi connectivity index (χ0n) is 5.68. The maximum Gasteiger partial charge on any atom is 0.0495 e. The molecule has 0 radical (unpaired) electrons. The normalized spacial score (nSPS) is 27.0. The van der Waals surface area contributed by atoms with E-state index in [1.165, 1.54) is 19.3 Å². The Kier molecular flexibility index (Phi) is 3.44. The van der Waals surface area contributed by atoms with Gasteiger partial charge in [0.15, 0.2) is 0 Å². The summed E-state index contributed by atoms with van der Waals surface area (Å²) in [6.45, 7) is 1.98. The highest BCUT2D eigenvalue weighted by atomic mass is 32.1. The van der Waals surface area contributed by atoms with Gasteiger partial charge in [0.2, 0.25) is 0 Å². The summed E-state index contributed by atoms with van der Waals surface area (Å²) in [6.07, 6.45) is 3.83. The first kappa shape index (κ1) is 7.42. The third-order valence-corrected chi connectivity index (χ3v) is 2.11. The van der Waals surface area contributed by atoms with E-state index >= 15 is 0 Å². The Balaban J connectivity index is 1.98. The summed E-state index contributed by atoms with van der Waals surface area (Å²) in [6, 6.07) is 0. The van der Waals surface area contributed by atoms with Crippen LogP contribution in [0.25, 0.3) is 0 Å². The smallest absolute Gasteiger partial charge is 0.0495 e. The van der Waals surface area contributed by atoms with Crippen LogP contribution in [0.3, 0.4) is 0 Å². The van der Waals surface area contributed by atoms with E-state index in [1.54, 1.807) is 0 Å². The van der Waals surface area contributed by atoms with Crippen LogP contribution in [0, 0.1) is 5.92 Å². The van der Waals surface area contributed by atoms with E-state index in [0.717, 1.165) is 24.9 Å². The third kappa shape index (κ3) is 2.59. The van der Waals surface area contributed by atoms with Crippen molar-refractivity contribution in [1.29, 1.82) is 0 Å². The summed E-state index contributed by atoms with van der Waals surface area (Å²) in [7, 11) is 0. The molecule has 0 aromatic carbocycles. The van der Waals surface area contributed by atoms with Crippen molar-refractivity contribution in [2.24, 2.45) is 5.92 Å². The molecule has 2 heteroatoms. The molecule has 0 saturated carbocycles. The van der Waals surface area contributed by atoms with Gasteiger partial charge in [0.25, 0.3) is 0 Å². The highest BCUT2D eigenvalue weighted by molar-refractivity contribution is 7.80. The molecule has 0 spiro atoms. The zero-order chi connectivity index (χ0) is 6.53. The number of ether oxygens (including phenoxy) is 1. The zero-order valence-corrected chi connectivity index (χ0v) is 6.57. The van der Waals surface area contributed by atoms with Crippen LogP contribution in [0.4, 0.5) is 0 Å². The van der Waals surface area contributed by atoms with Crippen molar-refractivity contribution in [1.82, 2.24) is 0 Å². The first-order chi connectivity index (χ1) is 4.43. The lowest BCUT2D eigenvalue weighted by molar-refractivity contribution is 0.184. The second-order valence-corrected chi connectivity index (χ2v) is 3.04. The SMILES string of the molecule is SCCCC1CCOC1. The molecule has 1 rings (SSSR count). The molecule has 1 atom stereocenters. The Bertz CT molecular complexity index is 69.3. The number of thiol groups is 1. The van der Waals surface area contributed by atoms with Crippen LogP contribution in [-0.2, 0) is 4.74 Å². The molecule has 0 amide bonds. The Morgan fingerprint density at radius 3 is 3.00 bits per heavy atom. The van der Waals surface area contributed by atoms with E-state index < -0.39 is 0 Å². The molecule has 0 aromatic rings. The molecular formula is C7H14OS. The maximum atomic E-state index is 5.23. The van der Waals surface area contributed by atoms with Crippen molar-refractivity contribution < 1.29 is 4.74 Å². The van der Waals surface area contributed by atoms with Gasteiger partial charge in [0.1, 0.15) is 0 Å². The molecule has 0 aliphatic carbocycles. The molecule has 0 aromatic heterocycles. The summed E-state index contributed by atoms with van der Waals surface area (Å²) in [4.78, 5) is 0. The van der Waals surface area contributed by atoms with Gasteiger partial charge in [0.05, 0.1) is 0 Å². The molecule has 0 N–H and O–H groups in total. The van der Waals surface area contributed by atoms with Gasteiger partial charge in [-0.2, -0.15) is 12.6 Å². The molecule has 1 unspecified atom stereocenters. The molecule has 54 valence electrons. The van der Waals surface area contributed by atoms with Crippen molar-refractivity contribution >= 4 is 12.6 Å². The Labute approximate surface area is 62.2 Å². The summed E-state index contributed by atoms with van der Waals surface area (Å²) in [5, 5.41) is 0. The summed E-state index contributed by atoms with van der Waals surface area (Å²) in [5.41, 5.74) is 0. The van der Waals surface area contributed by atoms with E-state index in [9.17, 15) is 0 Å². The van der Waals surface area contributed by atoms with Crippen LogP contribution < -0.4 is 0 Å². The van der Waals surface area contributed by atoms with Crippen LogP contribution in [0.5, 0.6) is 0 Å². The fourth-order valence-corrected chi connectivity index (χ4v) is 1.37. The quantitative estimate of drug-likeness (QED) is 0.597. The minimum atomic E-state index is 0.845. The lowest BCUT2D eigenvalue weighted by Crippen LogP contribution is -1.98. The van der Waals surface area contributed by atoms with E-state index in [4.69, 9.17) is 4.74 Å². The van der Waals surface area contributed by atoms with E-state index in [-0.39, 0.29) is 0 Å². The van der Waals surface area contributed by atoms with Gasteiger partial charge in [-0.3, -0.25) is 0 Å². The van der Waals surface area contributed by atoms with Crippen molar-refractivity contribution in [2.45, 2.75) is 19.3 Å². The van der Waals surface area contributed by atoms with Crippen LogP contribution >= 0.6 is 12.6 Å². The third-order valence-electron chi connectivity index (χ3n) is 1.79. The standard InChI is InChI=1S/C7H14OS/c9-5-1-2-7-3-4-8-6-7/h7,9H,1-6H2. The van der Waals surface area contributed by atoms with Crippen LogP contribution in [0.15, 0.2) is 0 Å². The van der Waals surface area contributed by atoms with Crippen molar-refractivity contribution in [3.05, 3.63) is 0 Å². The number of hydrogen-bond acceptors (Lipinski definition) is 2. The van der Waals surface area contributed by atoms with Crippen LogP contribution in [0.1, 0.15) is 19.3 Å². The van der Waals surface area contributed by atoms with Gasteiger partial charge in [-0.25, -0.2) is 0 Å². The predicted molar refractivity (Wildman–Crippen MR) is 42.0 cm³/mol. The highest BCUT2D eigenvalue weighted by Gasteiger charge is 2.13. The molecule has 1 nitrogen and oxygen atoms in total. The van der Waals surface area contributed by atoms with E-state index in [1.807, 2.05) is 0 Å². The first-order valence-corrected chi connectivity index (χ1v) is 4.25. The van der Waals surface area contributed by atoms with Gasteiger partial charge < -0.3 is 4.74 Å². The molecule has 1 fully saturated rings. The molecule has 1 aliphatic rings. The van der Waals surface area contributed by atoms with Crippen molar-refractivity contribution in [3.8, 4) is 0 Å². The fraction of sp³-hybridized carbons (Fsp3) is 1.00. The molecule has 9 heavy (non-hydrogen) atoms. The second-order valence-electron chi connectivity index (χ2n) is 2.60. The number of rotatable bonds is 3. The van der Waals surface area contributed by atoms with E-state index in [2.05, 4.69) is 12.6 Å². The fourth-order valence-electron chi connectivity index (χ4n) is 1.19. The van der Waals surface area contributed by atoms with Gasteiger partial charge in [-0.05, 0) is 30.9 Å². The van der Waals surface area contributed by atoms with Gasteiger partial charge in [-0.15, -0.1) is 0 Å². The molecule has 1 aliphatic heterocycles. The van der Waals surface area contributed by atoms with E-state index in [0.29, 0.717) is 0 Å². The van der Waals surface area contributed by atoms with Crippen LogP contribution in [0.2, 0.25) is 0 Å². The summed E-state index contributed by atoms with van der Waals surface area (Å²) in [5.74, 6) is 1.87. The Hall–Kier alpha value is 0.310. The van der Waals surface area contributed by atoms with Crippen molar-refractivity contribution in [2.75, 3.05) is 19.0 Å². The predicted octanol–water partition coefficient (Wildman–Crippen LogP) is 1.73. The number of hydrogen-bond donors (Lipinski definition) is 1. The topological polar surface area (TPSA) is 9.23 Å². The Morgan fingerprint density at radius 1 is 1.56 bits per heavy atom. The van der Waals surface area contributed by atoms with Gasteiger partial charge >= 0.3 is 0 Å². The second kappa shape index (κ2) is 4.18. The highest BCUT2D eigenvalue weighted by Crippen LogP contribution is 2.17. The monoisotopic (exact) mass is 146 g/mol. The minimum absolute atomic E-state index is 0.845. The lowest BCUT2D eigenvalue weighted by atomic mass is 10.0. The molecule has 1 heterocycles.